The van der Waals surface area contributed by atoms with Gasteiger partial charge in [0.05, 0.1) is 17.4 Å². The zero-order chi connectivity index (χ0) is 15.2. The lowest BCUT2D eigenvalue weighted by atomic mass is 10.3. The monoisotopic (exact) mass is 295 g/mol. The molecule has 5 nitrogen and oxygen atoms in total. The molecule has 0 aliphatic carbocycles. The third kappa shape index (κ3) is 3.95. The Morgan fingerprint density at radius 1 is 1.35 bits per heavy atom. The van der Waals surface area contributed by atoms with E-state index in [0.29, 0.717) is 0 Å². The molecule has 0 saturated heterocycles. The highest BCUT2D eigenvalue weighted by molar-refractivity contribution is 7.89. The van der Waals surface area contributed by atoms with E-state index in [1.54, 1.807) is 31.2 Å². The van der Waals surface area contributed by atoms with E-state index in [9.17, 15) is 8.42 Å². The van der Waals surface area contributed by atoms with Crippen molar-refractivity contribution in [3.05, 3.63) is 24.3 Å². The van der Waals surface area contributed by atoms with Gasteiger partial charge in [0.25, 0.3) is 0 Å². The van der Waals surface area contributed by atoms with Gasteiger partial charge in [0.15, 0.2) is 0 Å². The molecule has 0 heterocycles. The number of nitrogens with one attached hydrogen (secondary N) is 1. The first-order valence-corrected chi connectivity index (χ1v) is 8.06. The summed E-state index contributed by atoms with van der Waals surface area (Å²) in [6.45, 7) is 4.64. The summed E-state index contributed by atoms with van der Waals surface area (Å²) in [5.41, 5.74) is 0.901. The Hall–Kier alpha value is -1.58. The van der Waals surface area contributed by atoms with Crippen LogP contribution in [-0.4, -0.2) is 32.4 Å². The van der Waals surface area contributed by atoms with Gasteiger partial charge in [-0.2, -0.15) is 9.57 Å². The Morgan fingerprint density at radius 3 is 2.45 bits per heavy atom. The summed E-state index contributed by atoms with van der Waals surface area (Å²) < 4.78 is 26.0. The van der Waals surface area contributed by atoms with Crippen molar-refractivity contribution in [2.75, 3.05) is 18.9 Å². The Kier molecular flexibility index (Phi) is 5.99. The van der Waals surface area contributed by atoms with Crippen LogP contribution < -0.4 is 5.32 Å². The second-order valence-electron chi connectivity index (χ2n) is 4.68. The first-order chi connectivity index (χ1) is 9.43. The molecule has 0 fully saturated rings. The van der Waals surface area contributed by atoms with Crippen LogP contribution in [0, 0.1) is 11.3 Å². The number of hydrogen-bond acceptors (Lipinski definition) is 4. The quantitative estimate of drug-likeness (QED) is 0.838. The number of benzene rings is 1. The summed E-state index contributed by atoms with van der Waals surface area (Å²) in [6.07, 6.45) is 1.18. The fourth-order valence-electron chi connectivity index (χ4n) is 1.68. The molecule has 110 valence electrons. The molecule has 0 radical (unpaired) electrons. The molecule has 0 spiro atoms. The largest absolute Gasteiger partial charge is 0.385 e. The first kappa shape index (κ1) is 16.5. The maximum absolute atomic E-state index is 12.4. The molecule has 1 N–H and O–H groups in total. The standard InChI is InChI=1S/C14H21N3O2S/c1-4-11-16-13-5-7-14(8-6-13)20(18,19)17(3)12(2)9-10-15/h5-8,12,16H,4,9,11H2,1-3H3. The molecule has 1 aromatic carbocycles. The van der Waals surface area contributed by atoms with Gasteiger partial charge in [-0.15, -0.1) is 0 Å². The molecule has 1 atom stereocenters. The molecule has 0 bridgehead atoms. The topological polar surface area (TPSA) is 73.2 Å². The van der Waals surface area contributed by atoms with Gasteiger partial charge in [0, 0.05) is 25.3 Å². The number of nitriles is 1. The summed E-state index contributed by atoms with van der Waals surface area (Å²) in [5, 5.41) is 11.9. The van der Waals surface area contributed by atoms with Crippen LogP contribution in [0.15, 0.2) is 29.2 Å². The molecule has 1 aromatic rings. The summed E-state index contributed by atoms with van der Waals surface area (Å²) in [5.74, 6) is 0. The van der Waals surface area contributed by atoms with Crippen molar-refractivity contribution >= 4 is 15.7 Å². The normalized spacial score (nSPS) is 12.9. The molecule has 1 rings (SSSR count). The van der Waals surface area contributed by atoms with Crippen LogP contribution in [0.1, 0.15) is 26.7 Å². The highest BCUT2D eigenvalue weighted by Gasteiger charge is 2.24. The molecule has 0 saturated carbocycles. The van der Waals surface area contributed by atoms with Gasteiger partial charge in [0.2, 0.25) is 10.0 Å². The number of nitrogens with zero attached hydrogens (tertiary/aromatic N) is 2. The van der Waals surface area contributed by atoms with Crippen LogP contribution in [0.25, 0.3) is 0 Å². The fraction of sp³-hybridized carbons (Fsp3) is 0.500. The third-order valence-electron chi connectivity index (χ3n) is 3.12. The SMILES string of the molecule is CCCNc1ccc(S(=O)(=O)N(C)C(C)CC#N)cc1. The molecule has 0 aromatic heterocycles. The molecular formula is C14H21N3O2S. The van der Waals surface area contributed by atoms with Crippen molar-refractivity contribution in [1.29, 1.82) is 5.26 Å². The van der Waals surface area contributed by atoms with E-state index in [2.05, 4.69) is 12.2 Å². The van der Waals surface area contributed by atoms with Gasteiger partial charge in [-0.3, -0.25) is 0 Å². The number of anilines is 1. The van der Waals surface area contributed by atoms with E-state index in [1.807, 2.05) is 6.07 Å². The predicted molar refractivity (Wildman–Crippen MR) is 79.9 cm³/mol. The molecule has 0 aliphatic rings. The molecule has 0 amide bonds. The number of rotatable bonds is 7. The molecule has 0 aliphatic heterocycles. The minimum Gasteiger partial charge on any atom is -0.385 e. The van der Waals surface area contributed by atoms with E-state index in [0.717, 1.165) is 18.7 Å². The predicted octanol–water partition coefficient (Wildman–Crippen LogP) is 2.43. The number of hydrogen-bond donors (Lipinski definition) is 1. The minimum atomic E-state index is -3.54. The highest BCUT2D eigenvalue weighted by atomic mass is 32.2. The minimum absolute atomic E-state index is 0.172. The smallest absolute Gasteiger partial charge is 0.243 e. The van der Waals surface area contributed by atoms with Crippen molar-refractivity contribution in [2.45, 2.75) is 37.6 Å². The van der Waals surface area contributed by atoms with Crippen molar-refractivity contribution in [3.63, 3.8) is 0 Å². The van der Waals surface area contributed by atoms with Gasteiger partial charge in [-0.25, -0.2) is 8.42 Å². The van der Waals surface area contributed by atoms with Crippen LogP contribution in [0.5, 0.6) is 0 Å². The maximum atomic E-state index is 12.4. The van der Waals surface area contributed by atoms with E-state index >= 15 is 0 Å². The zero-order valence-electron chi connectivity index (χ0n) is 12.1. The van der Waals surface area contributed by atoms with Crippen LogP contribution in [0.2, 0.25) is 0 Å². The maximum Gasteiger partial charge on any atom is 0.243 e. The Labute approximate surface area is 121 Å². The van der Waals surface area contributed by atoms with Crippen molar-refractivity contribution in [1.82, 2.24) is 4.31 Å². The Balaban J connectivity index is 2.90. The lowest BCUT2D eigenvalue weighted by Crippen LogP contribution is -2.34. The van der Waals surface area contributed by atoms with E-state index < -0.39 is 10.0 Å². The average Bonchev–Trinajstić information content (AvgIpc) is 2.45. The third-order valence-corrected chi connectivity index (χ3v) is 5.10. The van der Waals surface area contributed by atoms with Crippen molar-refractivity contribution < 1.29 is 8.42 Å². The van der Waals surface area contributed by atoms with Crippen LogP contribution >= 0.6 is 0 Å². The summed E-state index contributed by atoms with van der Waals surface area (Å²) in [7, 11) is -2.04. The second kappa shape index (κ2) is 7.27. The van der Waals surface area contributed by atoms with Gasteiger partial charge < -0.3 is 5.32 Å². The summed E-state index contributed by atoms with van der Waals surface area (Å²) in [6, 6.07) is 8.33. The van der Waals surface area contributed by atoms with Gasteiger partial charge in [-0.05, 0) is 37.6 Å². The van der Waals surface area contributed by atoms with Crippen molar-refractivity contribution in [2.24, 2.45) is 0 Å². The molecule has 1 unspecified atom stereocenters. The number of sulfonamides is 1. The fourth-order valence-corrected chi connectivity index (χ4v) is 3.04. The van der Waals surface area contributed by atoms with Gasteiger partial charge in [-0.1, -0.05) is 6.92 Å². The second-order valence-corrected chi connectivity index (χ2v) is 6.68. The highest BCUT2D eigenvalue weighted by Crippen LogP contribution is 2.19. The van der Waals surface area contributed by atoms with E-state index in [4.69, 9.17) is 5.26 Å². The van der Waals surface area contributed by atoms with E-state index in [1.165, 1.54) is 11.4 Å². The van der Waals surface area contributed by atoms with Crippen LogP contribution in [0.3, 0.4) is 0 Å². The van der Waals surface area contributed by atoms with Gasteiger partial charge >= 0.3 is 0 Å². The lowest BCUT2D eigenvalue weighted by Gasteiger charge is -2.22. The van der Waals surface area contributed by atoms with Crippen LogP contribution in [-0.2, 0) is 10.0 Å². The summed E-state index contributed by atoms with van der Waals surface area (Å²) >= 11 is 0. The first-order valence-electron chi connectivity index (χ1n) is 6.62. The van der Waals surface area contributed by atoms with Crippen LogP contribution in [0.4, 0.5) is 5.69 Å². The van der Waals surface area contributed by atoms with Gasteiger partial charge in [0.1, 0.15) is 0 Å². The average molecular weight is 295 g/mol. The Bertz CT molecular complexity index is 561. The van der Waals surface area contributed by atoms with E-state index in [-0.39, 0.29) is 17.4 Å². The molecular weight excluding hydrogens is 274 g/mol. The molecule has 6 heteroatoms. The molecule has 20 heavy (non-hydrogen) atoms. The zero-order valence-corrected chi connectivity index (χ0v) is 12.9. The van der Waals surface area contributed by atoms with Crippen molar-refractivity contribution in [3.8, 4) is 6.07 Å². The Morgan fingerprint density at radius 2 is 1.95 bits per heavy atom. The summed E-state index contributed by atoms with van der Waals surface area (Å²) in [4.78, 5) is 0.242. The lowest BCUT2D eigenvalue weighted by molar-refractivity contribution is 0.393.